The van der Waals surface area contributed by atoms with Gasteiger partial charge >= 0.3 is 6.18 Å². The molecule has 1 amide bonds. The molecular formula is C19H16F3NO2. The number of hydrogen-bond donors (Lipinski definition) is 1. The summed E-state index contributed by atoms with van der Waals surface area (Å²) in [5.74, 6) is 0.327. The largest absolute Gasteiger partial charge is 0.496 e. The number of rotatable bonds is 2. The van der Waals surface area contributed by atoms with Crippen LogP contribution in [0.2, 0.25) is 0 Å². The fourth-order valence-electron chi connectivity index (χ4n) is 2.86. The summed E-state index contributed by atoms with van der Waals surface area (Å²) in [5, 5.41) is 2.50. The van der Waals surface area contributed by atoms with Gasteiger partial charge in [0.2, 0.25) is 0 Å². The van der Waals surface area contributed by atoms with E-state index in [2.05, 4.69) is 5.32 Å². The monoisotopic (exact) mass is 347 g/mol. The van der Waals surface area contributed by atoms with Crippen LogP contribution < -0.4 is 10.1 Å². The zero-order valence-corrected chi connectivity index (χ0v) is 13.9. The SMILES string of the molecule is COc1cc(C)c(/C=C2/C(=O)Nc3cc(C(F)(F)F)ccc32)cc1C. The first-order chi connectivity index (χ1) is 11.7. The molecule has 1 aliphatic heterocycles. The van der Waals surface area contributed by atoms with Crippen LogP contribution in [0.1, 0.15) is 27.8 Å². The van der Waals surface area contributed by atoms with Gasteiger partial charge < -0.3 is 10.1 Å². The predicted octanol–water partition coefficient (Wildman–Crippen LogP) is 4.82. The summed E-state index contributed by atoms with van der Waals surface area (Å²) < 4.78 is 43.7. The third-order valence-electron chi connectivity index (χ3n) is 4.21. The van der Waals surface area contributed by atoms with E-state index < -0.39 is 17.6 Å². The Kier molecular flexibility index (Phi) is 4.06. The van der Waals surface area contributed by atoms with Gasteiger partial charge in [-0.25, -0.2) is 0 Å². The summed E-state index contributed by atoms with van der Waals surface area (Å²) >= 11 is 0. The van der Waals surface area contributed by atoms with Crippen LogP contribution >= 0.6 is 0 Å². The molecule has 2 aromatic rings. The molecule has 0 saturated heterocycles. The minimum absolute atomic E-state index is 0.175. The molecule has 0 bridgehead atoms. The molecule has 3 rings (SSSR count). The number of anilines is 1. The second kappa shape index (κ2) is 5.95. The van der Waals surface area contributed by atoms with Crippen LogP contribution in [0.15, 0.2) is 30.3 Å². The second-order valence-electron chi connectivity index (χ2n) is 5.95. The van der Waals surface area contributed by atoms with Crippen LogP contribution in [0.4, 0.5) is 18.9 Å². The normalized spacial score (nSPS) is 15.3. The number of fused-ring (bicyclic) bond motifs is 1. The molecule has 25 heavy (non-hydrogen) atoms. The van der Waals surface area contributed by atoms with Crippen molar-refractivity contribution in [2.45, 2.75) is 20.0 Å². The Bertz CT molecular complexity index is 898. The van der Waals surface area contributed by atoms with Crippen molar-refractivity contribution >= 4 is 23.2 Å². The van der Waals surface area contributed by atoms with Crippen LogP contribution in [0.5, 0.6) is 5.75 Å². The first-order valence-electron chi connectivity index (χ1n) is 7.60. The van der Waals surface area contributed by atoms with E-state index >= 15 is 0 Å². The molecule has 1 heterocycles. The van der Waals surface area contributed by atoms with Crippen LogP contribution in [0.25, 0.3) is 11.6 Å². The van der Waals surface area contributed by atoms with Gasteiger partial charge in [-0.3, -0.25) is 4.79 Å². The van der Waals surface area contributed by atoms with E-state index in [0.29, 0.717) is 11.1 Å². The molecule has 6 heteroatoms. The molecule has 1 aliphatic rings. The number of carbonyl (C=O) groups is 1. The van der Waals surface area contributed by atoms with Gasteiger partial charge in [0.25, 0.3) is 5.91 Å². The van der Waals surface area contributed by atoms with E-state index in [9.17, 15) is 18.0 Å². The van der Waals surface area contributed by atoms with E-state index in [1.165, 1.54) is 6.07 Å². The Balaban J connectivity index is 2.07. The van der Waals surface area contributed by atoms with E-state index in [1.54, 1.807) is 13.2 Å². The molecule has 3 nitrogen and oxygen atoms in total. The summed E-state index contributed by atoms with van der Waals surface area (Å²) in [6.07, 6.45) is -2.76. The summed E-state index contributed by atoms with van der Waals surface area (Å²) in [6.45, 7) is 3.77. The highest BCUT2D eigenvalue weighted by atomic mass is 19.4. The number of halogens is 3. The third-order valence-corrected chi connectivity index (χ3v) is 4.21. The van der Waals surface area contributed by atoms with Gasteiger partial charge in [-0.05, 0) is 60.9 Å². The molecule has 0 aliphatic carbocycles. The average molecular weight is 347 g/mol. The van der Waals surface area contributed by atoms with Gasteiger partial charge in [-0.2, -0.15) is 13.2 Å². The van der Waals surface area contributed by atoms with Crippen molar-refractivity contribution in [2.75, 3.05) is 12.4 Å². The Labute approximate surface area is 143 Å². The van der Waals surface area contributed by atoms with Crippen LogP contribution in [0.3, 0.4) is 0 Å². The lowest BCUT2D eigenvalue weighted by atomic mass is 9.98. The lowest BCUT2D eigenvalue weighted by molar-refractivity contribution is -0.137. The lowest BCUT2D eigenvalue weighted by Gasteiger charge is -2.10. The summed E-state index contributed by atoms with van der Waals surface area (Å²) in [6, 6.07) is 7.02. The molecule has 0 radical (unpaired) electrons. The Morgan fingerprint density at radius 2 is 1.80 bits per heavy atom. The van der Waals surface area contributed by atoms with Crippen molar-refractivity contribution in [2.24, 2.45) is 0 Å². The van der Waals surface area contributed by atoms with E-state index in [4.69, 9.17) is 4.74 Å². The molecule has 2 aromatic carbocycles. The van der Waals surface area contributed by atoms with Crippen LogP contribution in [0, 0.1) is 13.8 Å². The van der Waals surface area contributed by atoms with Crippen molar-refractivity contribution < 1.29 is 22.7 Å². The Morgan fingerprint density at radius 3 is 2.44 bits per heavy atom. The topological polar surface area (TPSA) is 38.3 Å². The quantitative estimate of drug-likeness (QED) is 0.791. The highest BCUT2D eigenvalue weighted by Crippen LogP contribution is 2.38. The van der Waals surface area contributed by atoms with Gasteiger partial charge in [0.05, 0.1) is 12.7 Å². The maximum Gasteiger partial charge on any atom is 0.416 e. The molecule has 0 fully saturated rings. The van der Waals surface area contributed by atoms with Gasteiger partial charge in [-0.15, -0.1) is 0 Å². The minimum Gasteiger partial charge on any atom is -0.496 e. The number of aryl methyl sites for hydroxylation is 2. The maximum absolute atomic E-state index is 12.8. The third kappa shape index (κ3) is 3.12. The standard InChI is InChI=1S/C19H16F3NO2/c1-10-7-17(25-3)11(2)6-12(10)8-15-14-5-4-13(19(20,21)22)9-16(14)23-18(15)24/h4-9H,1-3H3,(H,23,24)/b15-8+. The van der Waals surface area contributed by atoms with Gasteiger partial charge in [0.1, 0.15) is 5.75 Å². The number of hydrogen-bond acceptors (Lipinski definition) is 2. The van der Waals surface area contributed by atoms with Crippen LogP contribution in [-0.4, -0.2) is 13.0 Å². The van der Waals surface area contributed by atoms with Crippen molar-refractivity contribution in [1.82, 2.24) is 0 Å². The molecule has 0 atom stereocenters. The fourth-order valence-corrected chi connectivity index (χ4v) is 2.86. The number of benzene rings is 2. The summed E-state index contributed by atoms with van der Waals surface area (Å²) in [5.41, 5.74) is 2.82. The number of methoxy groups -OCH3 is 1. The molecule has 1 N–H and O–H groups in total. The highest BCUT2D eigenvalue weighted by Gasteiger charge is 2.33. The van der Waals surface area contributed by atoms with Crippen molar-refractivity contribution in [3.8, 4) is 5.75 Å². The number of amides is 1. The fraction of sp³-hybridized carbons (Fsp3) is 0.211. The van der Waals surface area contributed by atoms with Gasteiger partial charge in [0.15, 0.2) is 0 Å². The van der Waals surface area contributed by atoms with E-state index in [0.717, 1.165) is 34.6 Å². The second-order valence-corrected chi connectivity index (χ2v) is 5.95. The van der Waals surface area contributed by atoms with Gasteiger partial charge in [-0.1, -0.05) is 6.07 Å². The molecule has 0 spiro atoms. The Hall–Kier alpha value is -2.76. The first-order valence-corrected chi connectivity index (χ1v) is 7.60. The van der Waals surface area contributed by atoms with Crippen molar-refractivity contribution in [1.29, 1.82) is 0 Å². The maximum atomic E-state index is 12.8. The minimum atomic E-state index is -4.45. The van der Waals surface area contributed by atoms with Crippen LogP contribution in [-0.2, 0) is 11.0 Å². The van der Waals surface area contributed by atoms with Gasteiger partial charge in [0, 0.05) is 16.8 Å². The molecule has 130 valence electrons. The zero-order valence-electron chi connectivity index (χ0n) is 13.9. The lowest BCUT2D eigenvalue weighted by Crippen LogP contribution is -2.06. The first kappa shape index (κ1) is 17.1. The molecule has 0 aromatic heterocycles. The molecular weight excluding hydrogens is 331 g/mol. The molecule has 0 unspecified atom stereocenters. The smallest absolute Gasteiger partial charge is 0.416 e. The number of carbonyl (C=O) groups excluding carboxylic acids is 1. The van der Waals surface area contributed by atoms with Crippen molar-refractivity contribution in [3.05, 3.63) is 58.1 Å². The average Bonchev–Trinajstić information content (AvgIpc) is 2.84. The van der Waals surface area contributed by atoms with E-state index in [1.807, 2.05) is 26.0 Å². The summed E-state index contributed by atoms with van der Waals surface area (Å²) in [7, 11) is 1.58. The zero-order chi connectivity index (χ0) is 18.4. The Morgan fingerprint density at radius 1 is 1.08 bits per heavy atom. The van der Waals surface area contributed by atoms with Crippen molar-refractivity contribution in [3.63, 3.8) is 0 Å². The number of nitrogens with one attached hydrogen (secondary N) is 1. The number of ether oxygens (including phenoxy) is 1. The number of alkyl halides is 3. The summed E-state index contributed by atoms with van der Waals surface area (Å²) in [4.78, 5) is 12.2. The van der Waals surface area contributed by atoms with E-state index in [-0.39, 0.29) is 5.69 Å². The molecule has 0 saturated carbocycles. The predicted molar refractivity (Wildman–Crippen MR) is 90.4 cm³/mol. The highest BCUT2D eigenvalue weighted by molar-refractivity contribution is 6.35.